The van der Waals surface area contributed by atoms with Crippen LogP contribution in [0.15, 0.2) is 66.7 Å². The number of rotatable bonds is 8. The van der Waals surface area contributed by atoms with Gasteiger partial charge in [0.25, 0.3) is 5.91 Å². The van der Waals surface area contributed by atoms with Gasteiger partial charge in [0.1, 0.15) is 29.6 Å². The molecule has 0 aliphatic rings. The van der Waals surface area contributed by atoms with Crippen LogP contribution in [0.2, 0.25) is 0 Å². The van der Waals surface area contributed by atoms with E-state index in [9.17, 15) is 23.5 Å². The summed E-state index contributed by atoms with van der Waals surface area (Å²) < 4.78 is 30.6. The Kier molecular flexibility index (Phi) is 6.67. The van der Waals surface area contributed by atoms with Crippen molar-refractivity contribution < 1.29 is 23.5 Å². The summed E-state index contributed by atoms with van der Waals surface area (Å²) in [4.78, 5) is 30.7. The summed E-state index contributed by atoms with van der Waals surface area (Å²) in [6.45, 7) is 1.81. The van der Waals surface area contributed by atoms with Gasteiger partial charge in [0, 0.05) is 12.1 Å². The van der Waals surface area contributed by atoms with Gasteiger partial charge >= 0.3 is 5.97 Å². The van der Waals surface area contributed by atoms with Gasteiger partial charge in [-0.15, -0.1) is 0 Å². The highest BCUT2D eigenvalue weighted by molar-refractivity contribution is 6.07. The van der Waals surface area contributed by atoms with Crippen LogP contribution in [0.3, 0.4) is 0 Å². The number of hydrogen-bond donors (Lipinski definition) is 1. The first-order valence-corrected chi connectivity index (χ1v) is 10.9. The Balaban J connectivity index is 1.83. The van der Waals surface area contributed by atoms with E-state index >= 15 is 0 Å². The van der Waals surface area contributed by atoms with E-state index in [2.05, 4.69) is 4.98 Å². The summed E-state index contributed by atoms with van der Waals surface area (Å²) in [7, 11) is 0. The standard InChI is InChI=1S/C26H23F2N3O3/c1-2-7-23-29-21-14-18(12-13-22(21)31(23)16-24(32)33)30(15-17-8-4-3-5-9-17)26(34)25-19(27)10-6-11-20(25)28/h3-6,8-14H,2,7,15-16H2,1H3,(H,32,33). The molecule has 0 aliphatic heterocycles. The summed E-state index contributed by atoms with van der Waals surface area (Å²) in [5, 5.41) is 9.32. The van der Waals surface area contributed by atoms with Crippen LogP contribution in [0.5, 0.6) is 0 Å². The lowest BCUT2D eigenvalue weighted by molar-refractivity contribution is -0.137. The average molecular weight is 463 g/mol. The van der Waals surface area contributed by atoms with E-state index in [0.717, 1.165) is 24.1 Å². The Labute approximate surface area is 195 Å². The molecular weight excluding hydrogens is 440 g/mol. The number of carboxylic acid groups (broad SMARTS) is 1. The Morgan fingerprint density at radius 2 is 1.71 bits per heavy atom. The number of amides is 1. The maximum absolute atomic E-state index is 14.5. The molecule has 0 spiro atoms. The van der Waals surface area contributed by atoms with Crippen LogP contribution in [0.4, 0.5) is 14.5 Å². The Morgan fingerprint density at radius 3 is 2.35 bits per heavy atom. The first-order chi connectivity index (χ1) is 16.4. The third-order valence-corrected chi connectivity index (χ3v) is 5.49. The molecule has 0 unspecified atom stereocenters. The number of fused-ring (bicyclic) bond motifs is 1. The second kappa shape index (κ2) is 9.82. The number of hydrogen-bond acceptors (Lipinski definition) is 3. The molecule has 1 amide bonds. The number of aromatic nitrogens is 2. The Hall–Kier alpha value is -4.07. The van der Waals surface area contributed by atoms with Crippen LogP contribution >= 0.6 is 0 Å². The molecule has 4 rings (SSSR count). The number of halogens is 2. The first-order valence-electron chi connectivity index (χ1n) is 10.9. The van der Waals surface area contributed by atoms with Crippen molar-refractivity contribution in [3.8, 4) is 0 Å². The van der Waals surface area contributed by atoms with Crippen molar-refractivity contribution in [2.24, 2.45) is 0 Å². The molecule has 1 N–H and O–H groups in total. The highest BCUT2D eigenvalue weighted by Gasteiger charge is 2.25. The van der Waals surface area contributed by atoms with Gasteiger partial charge in [-0.25, -0.2) is 13.8 Å². The fourth-order valence-corrected chi connectivity index (χ4v) is 3.95. The van der Waals surface area contributed by atoms with Crippen LogP contribution in [0.25, 0.3) is 11.0 Å². The van der Waals surface area contributed by atoms with Crippen LogP contribution < -0.4 is 4.90 Å². The largest absolute Gasteiger partial charge is 0.480 e. The zero-order valence-corrected chi connectivity index (χ0v) is 18.5. The topological polar surface area (TPSA) is 75.4 Å². The molecule has 6 nitrogen and oxygen atoms in total. The normalized spacial score (nSPS) is 11.0. The van der Waals surface area contributed by atoms with E-state index in [-0.39, 0.29) is 13.1 Å². The van der Waals surface area contributed by atoms with Gasteiger partial charge in [-0.2, -0.15) is 0 Å². The number of aliphatic carboxylic acids is 1. The molecule has 3 aromatic carbocycles. The van der Waals surface area contributed by atoms with Gasteiger partial charge in [-0.05, 0) is 42.3 Å². The molecular formula is C26H23F2N3O3. The molecule has 174 valence electrons. The second-order valence-corrected chi connectivity index (χ2v) is 7.90. The zero-order valence-electron chi connectivity index (χ0n) is 18.5. The quantitative estimate of drug-likeness (QED) is 0.390. The fourth-order valence-electron chi connectivity index (χ4n) is 3.95. The molecule has 1 heterocycles. The predicted octanol–water partition coefficient (Wildman–Crippen LogP) is 5.20. The molecule has 0 atom stereocenters. The van der Waals surface area contributed by atoms with Crippen molar-refractivity contribution in [2.45, 2.75) is 32.9 Å². The molecule has 8 heteroatoms. The highest BCUT2D eigenvalue weighted by Crippen LogP contribution is 2.27. The molecule has 0 saturated carbocycles. The zero-order chi connectivity index (χ0) is 24.2. The van der Waals surface area contributed by atoms with Crippen molar-refractivity contribution in [3.63, 3.8) is 0 Å². The van der Waals surface area contributed by atoms with Crippen molar-refractivity contribution in [1.82, 2.24) is 9.55 Å². The van der Waals surface area contributed by atoms with Gasteiger partial charge in [0.05, 0.1) is 17.6 Å². The van der Waals surface area contributed by atoms with Crippen molar-refractivity contribution in [3.05, 3.63) is 95.3 Å². The average Bonchev–Trinajstić information content (AvgIpc) is 3.14. The lowest BCUT2D eigenvalue weighted by Gasteiger charge is -2.24. The van der Waals surface area contributed by atoms with E-state index in [1.54, 1.807) is 22.8 Å². The van der Waals surface area contributed by atoms with Crippen molar-refractivity contribution in [2.75, 3.05) is 4.90 Å². The number of carbonyl (C=O) groups excluding carboxylic acids is 1. The van der Waals surface area contributed by atoms with Gasteiger partial charge in [-0.3, -0.25) is 9.59 Å². The summed E-state index contributed by atoms with van der Waals surface area (Å²) in [5.74, 6) is -3.08. The molecule has 34 heavy (non-hydrogen) atoms. The maximum atomic E-state index is 14.5. The molecule has 4 aromatic rings. The molecule has 0 bridgehead atoms. The lowest BCUT2D eigenvalue weighted by Crippen LogP contribution is -2.32. The third-order valence-electron chi connectivity index (χ3n) is 5.49. The number of imidazole rings is 1. The predicted molar refractivity (Wildman–Crippen MR) is 125 cm³/mol. The molecule has 0 saturated heterocycles. The number of anilines is 1. The van der Waals surface area contributed by atoms with Crippen LogP contribution in [0, 0.1) is 11.6 Å². The van der Waals surface area contributed by atoms with Crippen LogP contribution in [0.1, 0.15) is 35.1 Å². The fraction of sp³-hybridized carbons (Fsp3) is 0.192. The Morgan fingerprint density at radius 1 is 1.00 bits per heavy atom. The number of aryl methyl sites for hydroxylation is 1. The summed E-state index contributed by atoms with van der Waals surface area (Å²) in [5.41, 5.74) is 1.64. The SMILES string of the molecule is CCCc1nc2cc(N(Cc3ccccc3)C(=O)c3c(F)cccc3F)ccc2n1CC(=O)O. The molecule has 0 aliphatic carbocycles. The van der Waals surface area contributed by atoms with Gasteiger partial charge in [-0.1, -0.05) is 43.3 Å². The van der Waals surface area contributed by atoms with Crippen molar-refractivity contribution in [1.29, 1.82) is 0 Å². The number of nitrogens with zero attached hydrogens (tertiary/aromatic N) is 3. The van der Waals surface area contributed by atoms with Crippen molar-refractivity contribution >= 4 is 28.6 Å². The van der Waals surface area contributed by atoms with E-state index in [1.807, 2.05) is 37.3 Å². The van der Waals surface area contributed by atoms with Crippen LogP contribution in [-0.2, 0) is 24.3 Å². The van der Waals surface area contributed by atoms with E-state index in [1.165, 1.54) is 11.0 Å². The number of carboxylic acids is 1. The Bertz CT molecular complexity index is 1330. The van der Waals surface area contributed by atoms with Crippen LogP contribution in [-0.4, -0.2) is 26.5 Å². The minimum Gasteiger partial charge on any atom is -0.480 e. The van der Waals surface area contributed by atoms with Gasteiger partial charge in [0.2, 0.25) is 0 Å². The minimum atomic E-state index is -0.989. The highest BCUT2D eigenvalue weighted by atomic mass is 19.1. The monoisotopic (exact) mass is 463 g/mol. The maximum Gasteiger partial charge on any atom is 0.323 e. The minimum absolute atomic E-state index is 0.0800. The summed E-state index contributed by atoms with van der Waals surface area (Å²) in [6.07, 6.45) is 1.37. The second-order valence-electron chi connectivity index (χ2n) is 7.90. The molecule has 0 fully saturated rings. The van der Waals surface area contributed by atoms with E-state index < -0.39 is 29.1 Å². The number of benzene rings is 3. The number of carbonyl (C=O) groups is 2. The smallest absolute Gasteiger partial charge is 0.323 e. The first kappa shape index (κ1) is 23.1. The molecule has 0 radical (unpaired) electrons. The van der Waals surface area contributed by atoms with Gasteiger partial charge in [0.15, 0.2) is 0 Å². The van der Waals surface area contributed by atoms with Gasteiger partial charge < -0.3 is 14.6 Å². The summed E-state index contributed by atoms with van der Waals surface area (Å²) >= 11 is 0. The summed E-state index contributed by atoms with van der Waals surface area (Å²) in [6, 6.07) is 17.4. The van der Waals surface area contributed by atoms with E-state index in [4.69, 9.17) is 0 Å². The molecule has 1 aromatic heterocycles. The third kappa shape index (κ3) is 4.66. The lowest BCUT2D eigenvalue weighted by atomic mass is 10.1. The van der Waals surface area contributed by atoms with E-state index in [0.29, 0.717) is 29.0 Å².